The van der Waals surface area contributed by atoms with Crippen LogP contribution in [0.4, 0.5) is 13.2 Å². The van der Waals surface area contributed by atoms with E-state index in [2.05, 4.69) is 9.47 Å². The number of benzene rings is 1. The molecular formula is C13H15F3O5. The summed E-state index contributed by atoms with van der Waals surface area (Å²) >= 11 is 0. The molecule has 1 aromatic carbocycles. The average molecular weight is 308 g/mol. The topological polar surface area (TPSA) is 76.0 Å². The SMILES string of the molecule is CCOC(=O)CC(O)C(O)c1ccc(OC(F)(F)F)cc1. The first-order valence-electron chi connectivity index (χ1n) is 6.10. The molecule has 0 spiro atoms. The van der Waals surface area contributed by atoms with Crippen molar-refractivity contribution in [3.63, 3.8) is 0 Å². The minimum absolute atomic E-state index is 0.144. The number of rotatable bonds is 6. The Morgan fingerprint density at radius 2 is 1.81 bits per heavy atom. The van der Waals surface area contributed by atoms with Crippen molar-refractivity contribution in [1.82, 2.24) is 0 Å². The predicted molar refractivity (Wildman–Crippen MR) is 65.3 cm³/mol. The second-order valence-corrected chi connectivity index (χ2v) is 4.14. The minimum atomic E-state index is -4.80. The number of carbonyl (C=O) groups excluding carboxylic acids is 1. The minimum Gasteiger partial charge on any atom is -0.466 e. The zero-order chi connectivity index (χ0) is 16.0. The molecule has 0 saturated heterocycles. The van der Waals surface area contributed by atoms with Gasteiger partial charge in [-0.3, -0.25) is 4.79 Å². The number of aliphatic hydroxyl groups is 2. The summed E-state index contributed by atoms with van der Waals surface area (Å²) in [6.45, 7) is 1.74. The van der Waals surface area contributed by atoms with Crippen molar-refractivity contribution in [1.29, 1.82) is 0 Å². The van der Waals surface area contributed by atoms with Crippen molar-refractivity contribution in [2.75, 3.05) is 6.61 Å². The van der Waals surface area contributed by atoms with Crippen LogP contribution in [0.1, 0.15) is 25.0 Å². The van der Waals surface area contributed by atoms with E-state index in [0.29, 0.717) is 0 Å². The van der Waals surface area contributed by atoms with Gasteiger partial charge in [0.15, 0.2) is 0 Å². The molecule has 0 aromatic heterocycles. The zero-order valence-electron chi connectivity index (χ0n) is 11.1. The van der Waals surface area contributed by atoms with E-state index in [-0.39, 0.29) is 12.2 Å². The van der Waals surface area contributed by atoms with Gasteiger partial charge in [-0.25, -0.2) is 0 Å². The second kappa shape index (κ2) is 7.28. The molecule has 0 bridgehead atoms. The van der Waals surface area contributed by atoms with Crippen LogP contribution in [0.15, 0.2) is 24.3 Å². The summed E-state index contributed by atoms with van der Waals surface area (Å²) < 4.78 is 44.2. The molecule has 2 N–H and O–H groups in total. The van der Waals surface area contributed by atoms with Gasteiger partial charge in [0.25, 0.3) is 0 Å². The van der Waals surface area contributed by atoms with Crippen LogP contribution in [0.25, 0.3) is 0 Å². The van der Waals surface area contributed by atoms with Crippen LogP contribution in [0.2, 0.25) is 0 Å². The molecule has 1 aromatic rings. The molecule has 0 saturated carbocycles. The largest absolute Gasteiger partial charge is 0.573 e. The molecule has 0 aliphatic rings. The van der Waals surface area contributed by atoms with Crippen LogP contribution in [-0.2, 0) is 9.53 Å². The number of hydrogen-bond acceptors (Lipinski definition) is 5. The van der Waals surface area contributed by atoms with E-state index >= 15 is 0 Å². The first-order chi connectivity index (χ1) is 9.73. The van der Waals surface area contributed by atoms with Crippen LogP contribution < -0.4 is 4.74 Å². The predicted octanol–water partition coefficient (Wildman–Crippen LogP) is 1.93. The Balaban J connectivity index is 2.66. The summed E-state index contributed by atoms with van der Waals surface area (Å²) in [6.07, 6.45) is -8.06. The van der Waals surface area contributed by atoms with E-state index in [1.165, 1.54) is 12.1 Å². The van der Waals surface area contributed by atoms with Gasteiger partial charge in [-0.05, 0) is 24.6 Å². The smallest absolute Gasteiger partial charge is 0.466 e. The third-order valence-electron chi connectivity index (χ3n) is 2.50. The highest BCUT2D eigenvalue weighted by Gasteiger charge is 2.31. The second-order valence-electron chi connectivity index (χ2n) is 4.14. The number of carbonyl (C=O) groups is 1. The Bertz CT molecular complexity index is 458. The van der Waals surface area contributed by atoms with Gasteiger partial charge in [0.2, 0.25) is 0 Å². The molecule has 0 fully saturated rings. The molecule has 0 amide bonds. The Kier molecular flexibility index (Phi) is 5.98. The molecule has 2 atom stereocenters. The quantitative estimate of drug-likeness (QED) is 0.785. The summed E-state index contributed by atoms with van der Waals surface area (Å²) in [5.74, 6) is -1.13. The first kappa shape index (κ1) is 17.3. The molecule has 1 rings (SSSR count). The Morgan fingerprint density at radius 3 is 2.29 bits per heavy atom. The standard InChI is InChI=1S/C13H15F3O5/c1-2-20-11(18)7-10(17)12(19)8-3-5-9(6-4-8)21-13(14,15)16/h3-6,10,12,17,19H,2,7H2,1H3. The summed E-state index contributed by atoms with van der Waals surface area (Å²) in [5.41, 5.74) is 0.154. The van der Waals surface area contributed by atoms with Gasteiger partial charge in [0, 0.05) is 0 Å². The van der Waals surface area contributed by atoms with Crippen molar-refractivity contribution < 1.29 is 37.7 Å². The molecular weight excluding hydrogens is 293 g/mol. The molecule has 0 heterocycles. The fraction of sp³-hybridized carbons (Fsp3) is 0.462. The normalized spacial score (nSPS) is 14.4. The Hall–Kier alpha value is -1.80. The highest BCUT2D eigenvalue weighted by atomic mass is 19.4. The Labute approximate surface area is 118 Å². The third kappa shape index (κ3) is 6.01. The van der Waals surface area contributed by atoms with Crippen molar-refractivity contribution >= 4 is 5.97 Å². The van der Waals surface area contributed by atoms with Crippen LogP contribution in [0.5, 0.6) is 5.75 Å². The highest BCUT2D eigenvalue weighted by molar-refractivity contribution is 5.70. The fourth-order valence-electron chi connectivity index (χ4n) is 1.59. The summed E-state index contributed by atoms with van der Waals surface area (Å²) in [6, 6.07) is 4.34. The maximum Gasteiger partial charge on any atom is 0.573 e. The maximum atomic E-state index is 12.0. The number of ether oxygens (including phenoxy) is 2. The fourth-order valence-corrected chi connectivity index (χ4v) is 1.59. The summed E-state index contributed by atoms with van der Waals surface area (Å²) in [7, 11) is 0. The van der Waals surface area contributed by atoms with Crippen LogP contribution in [0, 0.1) is 0 Å². The van der Waals surface area contributed by atoms with Crippen LogP contribution in [-0.4, -0.2) is 35.3 Å². The van der Waals surface area contributed by atoms with E-state index in [1.54, 1.807) is 6.92 Å². The molecule has 0 aliphatic heterocycles. The number of halogens is 3. The third-order valence-corrected chi connectivity index (χ3v) is 2.50. The van der Waals surface area contributed by atoms with Gasteiger partial charge in [0.1, 0.15) is 11.9 Å². The first-order valence-corrected chi connectivity index (χ1v) is 6.10. The van der Waals surface area contributed by atoms with E-state index < -0.39 is 36.7 Å². The lowest BCUT2D eigenvalue weighted by atomic mass is 10.0. The molecule has 0 aliphatic carbocycles. The Morgan fingerprint density at radius 1 is 1.24 bits per heavy atom. The van der Waals surface area contributed by atoms with Gasteiger partial charge in [-0.2, -0.15) is 0 Å². The van der Waals surface area contributed by atoms with Crippen molar-refractivity contribution in [3.8, 4) is 5.75 Å². The van der Waals surface area contributed by atoms with Crippen molar-refractivity contribution in [3.05, 3.63) is 29.8 Å². The molecule has 2 unspecified atom stereocenters. The van der Waals surface area contributed by atoms with Gasteiger partial charge >= 0.3 is 12.3 Å². The number of aliphatic hydroxyl groups excluding tert-OH is 2. The number of hydrogen-bond donors (Lipinski definition) is 2. The number of esters is 1. The van der Waals surface area contributed by atoms with E-state index in [4.69, 9.17) is 0 Å². The lowest BCUT2D eigenvalue weighted by molar-refractivity contribution is -0.274. The van der Waals surface area contributed by atoms with E-state index in [1.807, 2.05) is 0 Å². The number of alkyl halides is 3. The summed E-state index contributed by atoms with van der Waals surface area (Å²) in [4.78, 5) is 11.2. The van der Waals surface area contributed by atoms with E-state index in [0.717, 1.165) is 12.1 Å². The molecule has 21 heavy (non-hydrogen) atoms. The lowest BCUT2D eigenvalue weighted by Crippen LogP contribution is -2.23. The van der Waals surface area contributed by atoms with Crippen molar-refractivity contribution in [2.24, 2.45) is 0 Å². The van der Waals surface area contributed by atoms with Gasteiger partial charge in [-0.1, -0.05) is 12.1 Å². The average Bonchev–Trinajstić information content (AvgIpc) is 2.37. The van der Waals surface area contributed by atoms with E-state index in [9.17, 15) is 28.2 Å². The van der Waals surface area contributed by atoms with Crippen LogP contribution >= 0.6 is 0 Å². The van der Waals surface area contributed by atoms with Gasteiger partial charge in [-0.15, -0.1) is 13.2 Å². The van der Waals surface area contributed by atoms with Crippen molar-refractivity contribution in [2.45, 2.75) is 31.9 Å². The molecule has 8 heteroatoms. The maximum absolute atomic E-state index is 12.0. The monoisotopic (exact) mass is 308 g/mol. The lowest BCUT2D eigenvalue weighted by Gasteiger charge is -2.18. The molecule has 118 valence electrons. The molecule has 0 radical (unpaired) electrons. The zero-order valence-corrected chi connectivity index (χ0v) is 11.1. The van der Waals surface area contributed by atoms with Gasteiger partial charge < -0.3 is 19.7 Å². The summed E-state index contributed by atoms with van der Waals surface area (Å²) in [5, 5.41) is 19.5. The molecule has 5 nitrogen and oxygen atoms in total. The van der Waals surface area contributed by atoms with Gasteiger partial charge in [0.05, 0.1) is 19.1 Å². The highest BCUT2D eigenvalue weighted by Crippen LogP contribution is 2.26. The van der Waals surface area contributed by atoms with Crippen LogP contribution in [0.3, 0.4) is 0 Å².